The Bertz CT molecular complexity index is 1320. The van der Waals surface area contributed by atoms with Crippen molar-refractivity contribution in [2.75, 3.05) is 7.11 Å². The van der Waals surface area contributed by atoms with E-state index in [2.05, 4.69) is 9.55 Å². The number of fused-ring (bicyclic) bond motifs is 1. The summed E-state index contributed by atoms with van der Waals surface area (Å²) < 4.78 is 7.80. The van der Waals surface area contributed by atoms with Gasteiger partial charge in [-0.3, -0.25) is 4.79 Å². The summed E-state index contributed by atoms with van der Waals surface area (Å²) in [5.41, 5.74) is 9.01. The summed E-state index contributed by atoms with van der Waals surface area (Å²) in [7, 11) is 1.66. The maximum atomic E-state index is 11.2. The quantitative estimate of drug-likeness (QED) is 0.244. The van der Waals surface area contributed by atoms with Crippen molar-refractivity contribution in [3.05, 3.63) is 87.8 Å². The van der Waals surface area contributed by atoms with Gasteiger partial charge in [0.2, 0.25) is 5.91 Å². The van der Waals surface area contributed by atoms with Gasteiger partial charge in [0.25, 0.3) is 0 Å². The molecule has 0 aliphatic carbocycles. The van der Waals surface area contributed by atoms with Gasteiger partial charge in [0.15, 0.2) is 5.65 Å². The number of primary amides is 1. The van der Waals surface area contributed by atoms with Gasteiger partial charge in [-0.2, -0.15) is 0 Å². The number of hydrogen-bond acceptors (Lipinski definition) is 4. The van der Waals surface area contributed by atoms with Crippen LogP contribution in [0.15, 0.2) is 60.8 Å². The zero-order valence-electron chi connectivity index (χ0n) is 19.6. The number of hydrogen-bond donors (Lipinski definition) is 1. The fraction of sp³-hybridized carbons (Fsp3) is 0.296. The molecule has 0 saturated carbocycles. The third-order valence-electron chi connectivity index (χ3n) is 6.16. The number of carbonyl (C=O) groups is 1. The summed E-state index contributed by atoms with van der Waals surface area (Å²) in [5, 5.41) is 1.35. The van der Waals surface area contributed by atoms with Crippen molar-refractivity contribution in [1.29, 1.82) is 0 Å². The number of carbonyl (C=O) groups excluding carboxylic acids is 1. The zero-order valence-corrected chi connectivity index (χ0v) is 21.1. The van der Waals surface area contributed by atoms with E-state index in [-0.39, 0.29) is 11.8 Å². The second kappa shape index (κ2) is 11.6. The van der Waals surface area contributed by atoms with Crippen LogP contribution in [-0.2, 0) is 17.8 Å². The molecule has 1 amide bonds. The van der Waals surface area contributed by atoms with Crippen LogP contribution in [0.5, 0.6) is 5.75 Å². The molecule has 4 aromatic rings. The van der Waals surface area contributed by atoms with E-state index >= 15 is 0 Å². The number of imidazole rings is 1. The first kappa shape index (κ1) is 25.0. The number of nitrogens with zero attached hydrogens (tertiary/aromatic N) is 3. The molecule has 8 heteroatoms. The van der Waals surface area contributed by atoms with Crippen LogP contribution in [0.4, 0.5) is 0 Å². The van der Waals surface area contributed by atoms with Crippen LogP contribution < -0.4 is 10.5 Å². The van der Waals surface area contributed by atoms with Gasteiger partial charge in [0, 0.05) is 29.1 Å². The molecule has 4 rings (SSSR count). The van der Waals surface area contributed by atoms with Gasteiger partial charge in [0.1, 0.15) is 17.1 Å². The normalized spacial score (nSPS) is 12.1. The van der Waals surface area contributed by atoms with Gasteiger partial charge in [0.05, 0.1) is 13.7 Å². The van der Waals surface area contributed by atoms with Crippen LogP contribution in [-0.4, -0.2) is 27.6 Å². The topological polar surface area (TPSA) is 83.0 Å². The number of benzene rings is 2. The van der Waals surface area contributed by atoms with Crippen LogP contribution >= 0.6 is 23.2 Å². The highest BCUT2D eigenvalue weighted by Crippen LogP contribution is 2.36. The maximum Gasteiger partial charge on any atom is 0.217 e. The Balaban J connectivity index is 1.72. The minimum atomic E-state index is -0.283. The zero-order chi connectivity index (χ0) is 24.8. The highest BCUT2D eigenvalue weighted by Gasteiger charge is 2.22. The van der Waals surface area contributed by atoms with Crippen molar-refractivity contribution in [3.8, 4) is 5.75 Å². The molecule has 0 bridgehead atoms. The highest BCUT2D eigenvalue weighted by atomic mass is 35.5. The molecule has 0 aliphatic heterocycles. The number of methoxy groups -OCH3 is 1. The number of rotatable bonds is 11. The second-order valence-corrected chi connectivity index (χ2v) is 9.39. The first-order valence-electron chi connectivity index (χ1n) is 11.6. The maximum absolute atomic E-state index is 11.2. The summed E-state index contributed by atoms with van der Waals surface area (Å²) in [6.07, 6.45) is 5.19. The molecular formula is C27H28Cl2N4O2. The Kier molecular flexibility index (Phi) is 8.26. The summed E-state index contributed by atoms with van der Waals surface area (Å²) in [5.74, 6) is 1.47. The molecule has 2 heterocycles. The van der Waals surface area contributed by atoms with Crippen molar-refractivity contribution < 1.29 is 9.53 Å². The lowest BCUT2D eigenvalue weighted by atomic mass is 9.89. The molecule has 2 aromatic carbocycles. The first-order valence-corrected chi connectivity index (χ1v) is 12.4. The van der Waals surface area contributed by atoms with Crippen LogP contribution in [0.1, 0.15) is 48.6 Å². The number of ether oxygens (including phenoxy) is 1. The van der Waals surface area contributed by atoms with E-state index in [0.29, 0.717) is 29.4 Å². The SMILES string of the molecule is COc1ccc(Cl)cc1C(CCCCC(N)=O)Cc1nc2cccnc2n1Cc1ccccc1Cl. The smallest absolute Gasteiger partial charge is 0.217 e. The van der Waals surface area contributed by atoms with Gasteiger partial charge in [-0.1, -0.05) is 47.8 Å². The third-order valence-corrected chi connectivity index (χ3v) is 6.76. The number of unbranched alkanes of at least 4 members (excludes halogenated alkanes) is 1. The highest BCUT2D eigenvalue weighted by molar-refractivity contribution is 6.31. The number of amides is 1. The Morgan fingerprint density at radius 3 is 2.71 bits per heavy atom. The predicted molar refractivity (Wildman–Crippen MR) is 140 cm³/mol. The van der Waals surface area contributed by atoms with Crippen LogP contribution in [0.2, 0.25) is 10.0 Å². The summed E-state index contributed by atoms with van der Waals surface area (Å²) >= 11 is 12.9. The summed E-state index contributed by atoms with van der Waals surface area (Å²) in [6.45, 7) is 0.559. The standard InChI is InChI=1S/C27H28Cl2N4O2/c1-35-24-13-12-20(28)16-21(24)18(7-3-5-11-25(30)34)15-26-32-23-10-6-14-31-27(23)33(26)17-19-8-2-4-9-22(19)29/h2,4,6,8-10,12-14,16,18H,3,5,7,11,15,17H2,1H3,(H2,30,34). The molecule has 182 valence electrons. The number of aromatic nitrogens is 3. The van der Waals surface area contributed by atoms with Gasteiger partial charge < -0.3 is 15.0 Å². The van der Waals surface area contributed by atoms with Crippen molar-refractivity contribution in [2.45, 2.75) is 44.6 Å². The van der Waals surface area contributed by atoms with Gasteiger partial charge >= 0.3 is 0 Å². The van der Waals surface area contributed by atoms with Gasteiger partial charge in [-0.25, -0.2) is 9.97 Å². The monoisotopic (exact) mass is 510 g/mol. The lowest BCUT2D eigenvalue weighted by Gasteiger charge is -2.21. The average molecular weight is 511 g/mol. The van der Waals surface area contributed by atoms with E-state index in [1.165, 1.54) is 0 Å². The number of pyridine rings is 1. The number of nitrogens with two attached hydrogens (primary N) is 1. The predicted octanol–water partition coefficient (Wildman–Crippen LogP) is 6.17. The van der Waals surface area contributed by atoms with Crippen molar-refractivity contribution >= 4 is 40.3 Å². The minimum absolute atomic E-state index is 0.0679. The molecule has 0 fully saturated rings. The molecule has 0 saturated heterocycles. The first-order chi connectivity index (χ1) is 17.0. The number of halogens is 2. The molecular weight excluding hydrogens is 483 g/mol. The minimum Gasteiger partial charge on any atom is -0.496 e. The van der Waals surface area contributed by atoms with Crippen LogP contribution in [0.3, 0.4) is 0 Å². The molecule has 0 spiro atoms. The molecule has 1 unspecified atom stereocenters. The van der Waals surface area contributed by atoms with Crippen molar-refractivity contribution in [3.63, 3.8) is 0 Å². The molecule has 0 aliphatic rings. The Hall–Kier alpha value is -3.09. The van der Waals surface area contributed by atoms with Gasteiger partial charge in [-0.15, -0.1) is 0 Å². The Morgan fingerprint density at radius 2 is 1.94 bits per heavy atom. The molecule has 1 atom stereocenters. The van der Waals surface area contributed by atoms with Crippen LogP contribution in [0.25, 0.3) is 11.2 Å². The summed E-state index contributed by atoms with van der Waals surface area (Å²) in [4.78, 5) is 20.8. The van der Waals surface area contributed by atoms with E-state index in [4.69, 9.17) is 38.7 Å². The summed E-state index contributed by atoms with van der Waals surface area (Å²) in [6, 6.07) is 17.3. The van der Waals surface area contributed by atoms with E-state index in [1.807, 2.05) is 54.6 Å². The van der Waals surface area contributed by atoms with Crippen molar-refractivity contribution in [1.82, 2.24) is 14.5 Å². The fourth-order valence-corrected chi connectivity index (χ4v) is 4.80. The Labute approximate surface area is 215 Å². The fourth-order valence-electron chi connectivity index (χ4n) is 4.43. The van der Waals surface area contributed by atoms with Crippen molar-refractivity contribution in [2.24, 2.45) is 5.73 Å². The molecule has 0 radical (unpaired) electrons. The van der Waals surface area contributed by atoms with E-state index in [9.17, 15) is 4.79 Å². The lowest BCUT2D eigenvalue weighted by molar-refractivity contribution is -0.118. The van der Waals surface area contributed by atoms with E-state index in [0.717, 1.165) is 53.1 Å². The molecule has 35 heavy (non-hydrogen) atoms. The van der Waals surface area contributed by atoms with E-state index in [1.54, 1.807) is 13.3 Å². The average Bonchev–Trinajstić information content (AvgIpc) is 3.19. The third kappa shape index (κ3) is 6.13. The van der Waals surface area contributed by atoms with E-state index < -0.39 is 0 Å². The lowest BCUT2D eigenvalue weighted by Crippen LogP contribution is -2.13. The van der Waals surface area contributed by atoms with Gasteiger partial charge in [-0.05, 0) is 66.3 Å². The largest absolute Gasteiger partial charge is 0.496 e. The Morgan fingerprint density at radius 1 is 1.11 bits per heavy atom. The molecule has 2 aromatic heterocycles. The molecule has 2 N–H and O–H groups in total. The van der Waals surface area contributed by atoms with Crippen LogP contribution in [0, 0.1) is 0 Å². The second-order valence-electron chi connectivity index (χ2n) is 8.55. The molecule has 6 nitrogen and oxygen atoms in total.